The van der Waals surface area contributed by atoms with Crippen LogP contribution in [0.5, 0.6) is 11.5 Å². The molecule has 0 bridgehead atoms. The van der Waals surface area contributed by atoms with Crippen LogP contribution in [-0.4, -0.2) is 16.8 Å². The molecule has 0 aliphatic carbocycles. The van der Waals surface area contributed by atoms with Crippen LogP contribution in [0.15, 0.2) is 18.2 Å². The SMILES string of the molecule is NOCCc1cccc(O)c1O. The minimum atomic E-state index is -0.121. The predicted octanol–water partition coefficient (Wildman–Crippen LogP) is 0.531. The van der Waals surface area contributed by atoms with E-state index in [0.29, 0.717) is 18.6 Å². The highest BCUT2D eigenvalue weighted by atomic mass is 16.6. The van der Waals surface area contributed by atoms with E-state index in [1.807, 2.05) is 0 Å². The van der Waals surface area contributed by atoms with E-state index in [1.54, 1.807) is 12.1 Å². The minimum absolute atomic E-state index is 0.102. The maximum atomic E-state index is 9.28. The number of hydrogen-bond acceptors (Lipinski definition) is 4. The summed E-state index contributed by atoms with van der Waals surface area (Å²) in [6.45, 7) is 0.316. The van der Waals surface area contributed by atoms with E-state index >= 15 is 0 Å². The van der Waals surface area contributed by atoms with Gasteiger partial charge in [0.1, 0.15) is 0 Å². The van der Waals surface area contributed by atoms with Crippen molar-refractivity contribution in [2.45, 2.75) is 6.42 Å². The van der Waals surface area contributed by atoms with Crippen molar-refractivity contribution >= 4 is 0 Å². The van der Waals surface area contributed by atoms with Gasteiger partial charge in [-0.2, -0.15) is 0 Å². The molecule has 1 aromatic rings. The van der Waals surface area contributed by atoms with Crippen molar-refractivity contribution in [3.05, 3.63) is 23.8 Å². The quantitative estimate of drug-likeness (QED) is 0.455. The highest BCUT2D eigenvalue weighted by Crippen LogP contribution is 2.28. The first-order chi connectivity index (χ1) is 5.75. The monoisotopic (exact) mass is 169 g/mol. The summed E-state index contributed by atoms with van der Waals surface area (Å²) in [7, 11) is 0. The fourth-order valence-electron chi connectivity index (χ4n) is 0.948. The predicted molar refractivity (Wildman–Crippen MR) is 43.6 cm³/mol. The van der Waals surface area contributed by atoms with Crippen LogP contribution in [0.3, 0.4) is 0 Å². The van der Waals surface area contributed by atoms with Gasteiger partial charge in [0.25, 0.3) is 0 Å². The van der Waals surface area contributed by atoms with Crippen molar-refractivity contribution in [3.63, 3.8) is 0 Å². The summed E-state index contributed by atoms with van der Waals surface area (Å²) in [6.07, 6.45) is 0.483. The number of rotatable bonds is 3. The zero-order chi connectivity index (χ0) is 8.97. The molecule has 4 nitrogen and oxygen atoms in total. The van der Waals surface area contributed by atoms with Crippen LogP contribution in [0.2, 0.25) is 0 Å². The van der Waals surface area contributed by atoms with E-state index in [-0.39, 0.29) is 11.5 Å². The molecular formula is C8H11NO3. The van der Waals surface area contributed by atoms with Crippen LogP contribution in [0, 0.1) is 0 Å². The van der Waals surface area contributed by atoms with E-state index in [9.17, 15) is 5.11 Å². The van der Waals surface area contributed by atoms with Crippen LogP contribution in [0.1, 0.15) is 5.56 Å². The number of nitrogens with two attached hydrogens (primary N) is 1. The van der Waals surface area contributed by atoms with E-state index in [2.05, 4.69) is 4.84 Å². The van der Waals surface area contributed by atoms with Gasteiger partial charge in [-0.15, -0.1) is 0 Å². The minimum Gasteiger partial charge on any atom is -0.504 e. The molecule has 0 saturated carbocycles. The Morgan fingerprint density at radius 2 is 2.08 bits per heavy atom. The van der Waals surface area contributed by atoms with Crippen LogP contribution in [0.4, 0.5) is 0 Å². The molecule has 1 aromatic carbocycles. The van der Waals surface area contributed by atoms with Gasteiger partial charge in [0.2, 0.25) is 0 Å². The Balaban J connectivity index is 2.78. The van der Waals surface area contributed by atoms with E-state index < -0.39 is 0 Å². The maximum absolute atomic E-state index is 9.28. The number of para-hydroxylation sites is 1. The largest absolute Gasteiger partial charge is 0.504 e. The maximum Gasteiger partial charge on any atom is 0.160 e. The lowest BCUT2D eigenvalue weighted by atomic mass is 10.1. The molecule has 0 aliphatic heterocycles. The summed E-state index contributed by atoms with van der Waals surface area (Å²) in [5.41, 5.74) is 0.625. The van der Waals surface area contributed by atoms with Gasteiger partial charge in [0.15, 0.2) is 11.5 Å². The molecule has 66 valence electrons. The van der Waals surface area contributed by atoms with E-state index in [1.165, 1.54) is 6.07 Å². The van der Waals surface area contributed by atoms with Gasteiger partial charge in [0, 0.05) is 12.0 Å². The Morgan fingerprint density at radius 3 is 2.75 bits per heavy atom. The average Bonchev–Trinajstić information content (AvgIpc) is 2.08. The highest BCUT2D eigenvalue weighted by Gasteiger charge is 2.04. The van der Waals surface area contributed by atoms with Crippen molar-refractivity contribution in [3.8, 4) is 11.5 Å². The normalized spacial score (nSPS) is 10.1. The van der Waals surface area contributed by atoms with Crippen LogP contribution in [0.25, 0.3) is 0 Å². The van der Waals surface area contributed by atoms with Gasteiger partial charge in [-0.05, 0) is 6.07 Å². The molecule has 0 unspecified atom stereocenters. The molecule has 0 fully saturated rings. The topological polar surface area (TPSA) is 75.7 Å². The van der Waals surface area contributed by atoms with Gasteiger partial charge in [-0.25, -0.2) is 5.90 Å². The van der Waals surface area contributed by atoms with Crippen molar-refractivity contribution in [1.29, 1.82) is 0 Å². The number of aromatic hydroxyl groups is 2. The first-order valence-electron chi connectivity index (χ1n) is 3.57. The Morgan fingerprint density at radius 1 is 1.33 bits per heavy atom. The third-order valence-corrected chi connectivity index (χ3v) is 1.59. The molecule has 0 atom stereocenters. The standard InChI is InChI=1S/C8H11NO3/c9-12-5-4-6-2-1-3-7(10)8(6)11/h1-3,10-11H,4-5,9H2. The number of hydrogen-bond donors (Lipinski definition) is 3. The molecule has 0 aliphatic rings. The van der Waals surface area contributed by atoms with Crippen molar-refractivity contribution < 1.29 is 15.1 Å². The Kier molecular flexibility index (Phi) is 2.90. The summed E-state index contributed by atoms with van der Waals surface area (Å²) in [5, 5.41) is 18.4. The lowest BCUT2D eigenvalue weighted by Gasteiger charge is -2.04. The second-order valence-electron chi connectivity index (χ2n) is 2.41. The molecule has 4 N–H and O–H groups in total. The van der Waals surface area contributed by atoms with Crippen LogP contribution < -0.4 is 5.90 Å². The van der Waals surface area contributed by atoms with E-state index in [0.717, 1.165) is 0 Å². The summed E-state index contributed by atoms with van der Waals surface area (Å²) in [4.78, 5) is 4.35. The lowest BCUT2D eigenvalue weighted by Crippen LogP contribution is -2.03. The summed E-state index contributed by atoms with van der Waals surface area (Å²) < 4.78 is 0. The summed E-state index contributed by atoms with van der Waals surface area (Å²) >= 11 is 0. The number of phenolic OH excluding ortho intramolecular Hbond substituents is 2. The molecule has 4 heteroatoms. The van der Waals surface area contributed by atoms with Gasteiger partial charge in [0.05, 0.1) is 6.61 Å². The summed E-state index contributed by atoms with van der Waals surface area (Å²) in [5.74, 6) is 4.60. The van der Waals surface area contributed by atoms with Gasteiger partial charge >= 0.3 is 0 Å². The van der Waals surface area contributed by atoms with Crippen molar-refractivity contribution in [2.24, 2.45) is 5.90 Å². The average molecular weight is 169 g/mol. The third kappa shape index (κ3) is 1.87. The first-order valence-corrected chi connectivity index (χ1v) is 3.57. The molecule has 0 saturated heterocycles. The smallest absolute Gasteiger partial charge is 0.160 e. The van der Waals surface area contributed by atoms with Crippen LogP contribution >= 0.6 is 0 Å². The zero-order valence-electron chi connectivity index (χ0n) is 6.53. The first kappa shape index (κ1) is 8.83. The van der Waals surface area contributed by atoms with Gasteiger partial charge < -0.3 is 15.1 Å². The van der Waals surface area contributed by atoms with Crippen LogP contribution in [-0.2, 0) is 11.3 Å². The third-order valence-electron chi connectivity index (χ3n) is 1.59. The number of benzene rings is 1. The molecule has 0 radical (unpaired) electrons. The number of phenols is 2. The Labute approximate surface area is 70.2 Å². The molecule has 0 aromatic heterocycles. The van der Waals surface area contributed by atoms with E-state index in [4.69, 9.17) is 11.0 Å². The molecular weight excluding hydrogens is 158 g/mol. The highest BCUT2D eigenvalue weighted by molar-refractivity contribution is 5.44. The summed E-state index contributed by atoms with van der Waals surface area (Å²) in [6, 6.07) is 4.77. The van der Waals surface area contributed by atoms with Gasteiger partial charge in [-0.3, -0.25) is 0 Å². The molecule has 12 heavy (non-hydrogen) atoms. The zero-order valence-corrected chi connectivity index (χ0v) is 6.53. The fraction of sp³-hybridized carbons (Fsp3) is 0.250. The fourth-order valence-corrected chi connectivity index (χ4v) is 0.948. The second-order valence-corrected chi connectivity index (χ2v) is 2.41. The molecule has 1 rings (SSSR count). The lowest BCUT2D eigenvalue weighted by molar-refractivity contribution is 0.140. The second kappa shape index (κ2) is 3.94. The molecule has 0 amide bonds. The van der Waals surface area contributed by atoms with Crippen molar-refractivity contribution in [1.82, 2.24) is 0 Å². The molecule has 0 spiro atoms. The van der Waals surface area contributed by atoms with Crippen molar-refractivity contribution in [2.75, 3.05) is 6.61 Å². The Bertz CT molecular complexity index is 262. The van der Waals surface area contributed by atoms with Gasteiger partial charge in [-0.1, -0.05) is 12.1 Å². The molecule has 0 heterocycles. The Hall–Kier alpha value is -1.26.